The molecule has 0 amide bonds. The van der Waals surface area contributed by atoms with Crippen molar-refractivity contribution in [3.05, 3.63) is 29.8 Å². The zero-order valence-corrected chi connectivity index (χ0v) is 14.1. The van der Waals surface area contributed by atoms with E-state index in [9.17, 15) is 8.42 Å². The van der Waals surface area contributed by atoms with E-state index in [2.05, 4.69) is 4.90 Å². The lowest BCUT2D eigenvalue weighted by molar-refractivity contribution is 0.267. The number of aryl methyl sites for hydroxylation is 1. The molecule has 1 aliphatic rings. The fourth-order valence-corrected chi connectivity index (χ4v) is 5.68. The van der Waals surface area contributed by atoms with Crippen molar-refractivity contribution in [3.8, 4) is 0 Å². The molecule has 1 saturated heterocycles. The summed E-state index contributed by atoms with van der Waals surface area (Å²) in [5.41, 5.74) is 7.71. The average Bonchev–Trinajstić information content (AvgIpc) is 2.50. The lowest BCUT2D eigenvalue weighted by atomic mass is 10.1. The normalized spacial score (nSPS) is 20.5. The number of thioether (sulfide) groups is 1. The maximum Gasteiger partial charge on any atom is 0.166 e. The van der Waals surface area contributed by atoms with Crippen LogP contribution in [0.3, 0.4) is 0 Å². The minimum absolute atomic E-state index is 0.229. The summed E-state index contributed by atoms with van der Waals surface area (Å²) in [6, 6.07) is 7.91. The SMILES string of the molecule is CCS(=O)(=O)C1CSCCN1CCCc1ccc(N)cc1. The van der Waals surface area contributed by atoms with Crippen LogP contribution in [0.25, 0.3) is 0 Å². The summed E-state index contributed by atoms with van der Waals surface area (Å²) >= 11 is 1.75. The van der Waals surface area contributed by atoms with Gasteiger partial charge in [0.2, 0.25) is 0 Å². The molecule has 21 heavy (non-hydrogen) atoms. The highest BCUT2D eigenvalue weighted by Gasteiger charge is 2.32. The highest BCUT2D eigenvalue weighted by atomic mass is 32.2. The van der Waals surface area contributed by atoms with Crippen molar-refractivity contribution in [2.45, 2.75) is 25.1 Å². The maximum absolute atomic E-state index is 12.2. The first kappa shape index (κ1) is 16.6. The molecule has 1 aromatic carbocycles. The quantitative estimate of drug-likeness (QED) is 0.809. The van der Waals surface area contributed by atoms with E-state index in [1.165, 1.54) is 5.56 Å². The van der Waals surface area contributed by atoms with Gasteiger partial charge < -0.3 is 5.73 Å². The third-order valence-corrected chi connectivity index (χ3v) is 7.23. The Balaban J connectivity index is 1.89. The molecule has 0 aromatic heterocycles. The molecule has 4 nitrogen and oxygen atoms in total. The lowest BCUT2D eigenvalue weighted by Gasteiger charge is -2.34. The zero-order valence-electron chi connectivity index (χ0n) is 12.5. The second-order valence-electron chi connectivity index (χ2n) is 5.36. The fourth-order valence-electron chi connectivity index (χ4n) is 2.56. The smallest absolute Gasteiger partial charge is 0.166 e. The van der Waals surface area contributed by atoms with E-state index in [1.54, 1.807) is 18.7 Å². The van der Waals surface area contributed by atoms with E-state index in [4.69, 9.17) is 5.73 Å². The Labute approximate surface area is 132 Å². The van der Waals surface area contributed by atoms with Crippen molar-refractivity contribution in [1.82, 2.24) is 4.90 Å². The molecule has 1 aliphatic heterocycles. The minimum atomic E-state index is -2.98. The number of benzene rings is 1. The van der Waals surface area contributed by atoms with Crippen LogP contribution < -0.4 is 5.73 Å². The summed E-state index contributed by atoms with van der Waals surface area (Å²) in [5, 5.41) is -0.298. The number of sulfone groups is 1. The van der Waals surface area contributed by atoms with Gasteiger partial charge >= 0.3 is 0 Å². The lowest BCUT2D eigenvalue weighted by Crippen LogP contribution is -2.48. The molecule has 0 spiro atoms. The highest BCUT2D eigenvalue weighted by Crippen LogP contribution is 2.22. The highest BCUT2D eigenvalue weighted by molar-refractivity contribution is 8.01. The summed E-state index contributed by atoms with van der Waals surface area (Å²) in [6.07, 6.45) is 1.94. The van der Waals surface area contributed by atoms with Crippen LogP contribution in [0.1, 0.15) is 18.9 Å². The Kier molecular flexibility index (Phi) is 5.96. The van der Waals surface area contributed by atoms with E-state index < -0.39 is 9.84 Å². The minimum Gasteiger partial charge on any atom is -0.399 e. The molecule has 1 aromatic rings. The first-order chi connectivity index (χ1) is 10.0. The molecule has 2 N–H and O–H groups in total. The molecule has 0 saturated carbocycles. The number of nitrogens with two attached hydrogens (primary N) is 1. The summed E-state index contributed by atoms with van der Waals surface area (Å²) in [6.45, 7) is 3.45. The molecule has 1 heterocycles. The van der Waals surface area contributed by atoms with E-state index in [0.717, 1.165) is 37.4 Å². The van der Waals surface area contributed by atoms with Crippen LogP contribution in [0.15, 0.2) is 24.3 Å². The van der Waals surface area contributed by atoms with Crippen LogP contribution in [-0.2, 0) is 16.3 Å². The van der Waals surface area contributed by atoms with Crippen molar-refractivity contribution in [3.63, 3.8) is 0 Å². The Morgan fingerprint density at radius 1 is 1.33 bits per heavy atom. The van der Waals surface area contributed by atoms with Gasteiger partial charge in [-0.1, -0.05) is 19.1 Å². The zero-order chi connectivity index (χ0) is 15.3. The van der Waals surface area contributed by atoms with Gasteiger partial charge in [0.05, 0.1) is 0 Å². The second kappa shape index (κ2) is 7.51. The molecule has 1 fully saturated rings. The van der Waals surface area contributed by atoms with Crippen LogP contribution in [0.2, 0.25) is 0 Å². The second-order valence-corrected chi connectivity index (χ2v) is 8.96. The van der Waals surface area contributed by atoms with E-state index in [1.807, 2.05) is 24.3 Å². The topological polar surface area (TPSA) is 63.4 Å². The number of hydrogen-bond donors (Lipinski definition) is 1. The summed E-state index contributed by atoms with van der Waals surface area (Å²) in [4.78, 5) is 2.15. The number of nitrogens with zero attached hydrogens (tertiary/aromatic N) is 1. The molecule has 0 aliphatic carbocycles. The van der Waals surface area contributed by atoms with Crippen molar-refractivity contribution in [2.75, 3.05) is 36.1 Å². The number of anilines is 1. The average molecular weight is 329 g/mol. The fraction of sp³-hybridized carbons (Fsp3) is 0.600. The molecular weight excluding hydrogens is 304 g/mol. The third kappa shape index (κ3) is 4.63. The van der Waals surface area contributed by atoms with Crippen molar-refractivity contribution in [1.29, 1.82) is 0 Å². The van der Waals surface area contributed by atoms with Crippen LogP contribution in [0.4, 0.5) is 5.69 Å². The van der Waals surface area contributed by atoms with E-state index in [0.29, 0.717) is 5.75 Å². The van der Waals surface area contributed by atoms with Gasteiger partial charge in [0, 0.05) is 29.5 Å². The Morgan fingerprint density at radius 3 is 2.71 bits per heavy atom. The third-order valence-electron chi connectivity index (χ3n) is 3.90. The summed E-state index contributed by atoms with van der Waals surface area (Å²) < 4.78 is 24.3. The van der Waals surface area contributed by atoms with E-state index >= 15 is 0 Å². The first-order valence-electron chi connectivity index (χ1n) is 7.40. The van der Waals surface area contributed by atoms with Crippen LogP contribution in [-0.4, -0.2) is 49.0 Å². The van der Waals surface area contributed by atoms with Crippen LogP contribution in [0.5, 0.6) is 0 Å². The predicted molar refractivity (Wildman–Crippen MR) is 91.3 cm³/mol. The molecular formula is C15H24N2O2S2. The standard InChI is InChI=1S/C15H24N2O2S2/c1-2-21(18,19)15-12-20-11-10-17(15)9-3-4-13-5-7-14(16)8-6-13/h5-8,15H,2-4,9-12,16H2,1H3. The van der Waals surface area contributed by atoms with Gasteiger partial charge in [-0.05, 0) is 37.1 Å². The first-order valence-corrected chi connectivity index (χ1v) is 10.3. The molecule has 6 heteroatoms. The van der Waals surface area contributed by atoms with Gasteiger partial charge in [0.1, 0.15) is 5.37 Å². The molecule has 1 atom stereocenters. The Bertz CT molecular complexity index is 543. The van der Waals surface area contributed by atoms with Gasteiger partial charge in [-0.2, -0.15) is 11.8 Å². The number of rotatable bonds is 6. The van der Waals surface area contributed by atoms with Crippen LogP contribution in [0, 0.1) is 0 Å². The van der Waals surface area contributed by atoms with Crippen molar-refractivity contribution in [2.24, 2.45) is 0 Å². The molecule has 0 radical (unpaired) electrons. The summed E-state index contributed by atoms with van der Waals surface area (Å²) in [7, 11) is -2.98. The monoisotopic (exact) mass is 328 g/mol. The van der Waals surface area contributed by atoms with Crippen molar-refractivity contribution < 1.29 is 8.42 Å². The van der Waals surface area contributed by atoms with E-state index in [-0.39, 0.29) is 11.1 Å². The van der Waals surface area contributed by atoms with Gasteiger partial charge in [-0.3, -0.25) is 4.90 Å². The molecule has 1 unspecified atom stereocenters. The van der Waals surface area contributed by atoms with Gasteiger partial charge in [0.15, 0.2) is 9.84 Å². The van der Waals surface area contributed by atoms with Gasteiger partial charge in [0.25, 0.3) is 0 Å². The molecule has 2 rings (SSSR count). The van der Waals surface area contributed by atoms with Crippen molar-refractivity contribution >= 4 is 27.3 Å². The predicted octanol–water partition coefficient (Wildman–Crippen LogP) is 2.01. The van der Waals surface area contributed by atoms with Gasteiger partial charge in [-0.15, -0.1) is 0 Å². The van der Waals surface area contributed by atoms with Crippen LogP contribution >= 0.6 is 11.8 Å². The van der Waals surface area contributed by atoms with Gasteiger partial charge in [-0.25, -0.2) is 8.42 Å². The molecule has 0 bridgehead atoms. The number of nitrogen functional groups attached to an aromatic ring is 1. The molecule has 118 valence electrons. The number of hydrogen-bond acceptors (Lipinski definition) is 5. The summed E-state index contributed by atoms with van der Waals surface area (Å²) in [5.74, 6) is 1.96. The Morgan fingerprint density at radius 2 is 2.05 bits per heavy atom. The largest absolute Gasteiger partial charge is 0.399 e. The maximum atomic E-state index is 12.2. The Hall–Kier alpha value is -0.720.